The number of pyridine rings is 2. The van der Waals surface area contributed by atoms with Crippen LogP contribution in [0.25, 0.3) is 0 Å². The largest absolute Gasteiger partial charge is 0.507 e. The van der Waals surface area contributed by atoms with Gasteiger partial charge in [0.2, 0.25) is 0 Å². The molecule has 0 radical (unpaired) electrons. The van der Waals surface area contributed by atoms with Crippen LogP contribution in [0.15, 0.2) is 60.9 Å². The zero-order valence-corrected chi connectivity index (χ0v) is 20.7. The number of alkyl carbamates (subject to hydrolysis) is 1. The normalized spacial score (nSPS) is 11.3. The molecule has 186 valence electrons. The summed E-state index contributed by atoms with van der Waals surface area (Å²) in [4.78, 5) is 20.6. The van der Waals surface area contributed by atoms with Crippen molar-refractivity contribution in [1.29, 1.82) is 0 Å². The lowest BCUT2D eigenvalue weighted by Crippen LogP contribution is -2.33. The van der Waals surface area contributed by atoms with E-state index in [0.717, 1.165) is 28.1 Å². The number of phenols is 1. The second-order valence-corrected chi connectivity index (χ2v) is 9.29. The first kappa shape index (κ1) is 26.1. The van der Waals surface area contributed by atoms with E-state index in [2.05, 4.69) is 25.9 Å². The predicted octanol–water partition coefficient (Wildman–Crippen LogP) is 3.83. The molecular weight excluding hydrogens is 442 g/mol. The second kappa shape index (κ2) is 12.8. The van der Waals surface area contributed by atoms with E-state index < -0.39 is 11.7 Å². The minimum atomic E-state index is -0.540. The van der Waals surface area contributed by atoms with Gasteiger partial charge in [-0.05, 0) is 57.0 Å². The van der Waals surface area contributed by atoms with E-state index in [1.54, 1.807) is 12.4 Å². The zero-order chi connectivity index (χ0) is 25.1. The van der Waals surface area contributed by atoms with Gasteiger partial charge in [-0.15, -0.1) is 0 Å². The molecule has 2 heterocycles. The third-order valence-electron chi connectivity index (χ3n) is 5.10. The van der Waals surface area contributed by atoms with Crippen molar-refractivity contribution in [3.8, 4) is 5.75 Å². The Morgan fingerprint density at radius 2 is 1.43 bits per heavy atom. The van der Waals surface area contributed by atoms with Gasteiger partial charge in [-0.2, -0.15) is 0 Å². The number of aromatic hydroxyl groups is 1. The van der Waals surface area contributed by atoms with Crippen molar-refractivity contribution in [2.45, 2.75) is 59.0 Å². The molecule has 0 aliphatic heterocycles. The van der Waals surface area contributed by atoms with Crippen LogP contribution < -0.4 is 16.0 Å². The topological polar surface area (TPSA) is 108 Å². The highest BCUT2D eigenvalue weighted by molar-refractivity contribution is 5.67. The molecule has 0 bridgehead atoms. The van der Waals surface area contributed by atoms with Crippen LogP contribution in [-0.4, -0.2) is 33.3 Å². The summed E-state index contributed by atoms with van der Waals surface area (Å²) in [7, 11) is 0. The molecule has 4 N–H and O–H groups in total. The maximum atomic E-state index is 12.0. The first-order valence-electron chi connectivity index (χ1n) is 11.8. The summed E-state index contributed by atoms with van der Waals surface area (Å²) in [6.45, 7) is 8.10. The van der Waals surface area contributed by atoms with Crippen LogP contribution in [0.5, 0.6) is 5.75 Å². The highest BCUT2D eigenvalue weighted by Gasteiger charge is 2.16. The predicted molar refractivity (Wildman–Crippen MR) is 136 cm³/mol. The smallest absolute Gasteiger partial charge is 0.407 e. The number of hydrogen-bond donors (Lipinski definition) is 4. The molecule has 0 atom stereocenters. The van der Waals surface area contributed by atoms with E-state index in [0.29, 0.717) is 39.1 Å². The summed E-state index contributed by atoms with van der Waals surface area (Å²) in [5.74, 6) is 0.260. The summed E-state index contributed by atoms with van der Waals surface area (Å²) in [5, 5.41) is 20.5. The fourth-order valence-electron chi connectivity index (χ4n) is 3.52. The summed E-state index contributed by atoms with van der Waals surface area (Å²) in [6.07, 6.45) is 3.70. The molecule has 1 amide bonds. The highest BCUT2D eigenvalue weighted by Crippen LogP contribution is 2.25. The zero-order valence-electron chi connectivity index (χ0n) is 20.7. The molecule has 2 aromatic heterocycles. The number of nitrogens with one attached hydrogen (secondary N) is 3. The summed E-state index contributed by atoms with van der Waals surface area (Å²) in [5.41, 5.74) is 3.93. The monoisotopic (exact) mass is 477 g/mol. The third-order valence-corrected chi connectivity index (χ3v) is 5.10. The van der Waals surface area contributed by atoms with Crippen molar-refractivity contribution >= 4 is 6.09 Å². The molecule has 0 saturated heterocycles. The van der Waals surface area contributed by atoms with Gasteiger partial charge in [0.05, 0.1) is 11.4 Å². The summed E-state index contributed by atoms with van der Waals surface area (Å²) in [6, 6.07) is 15.5. The molecule has 0 fully saturated rings. The number of nitrogens with zero attached hydrogens (tertiary/aromatic N) is 2. The quantitative estimate of drug-likeness (QED) is 0.332. The van der Waals surface area contributed by atoms with Crippen molar-refractivity contribution < 1.29 is 14.6 Å². The molecule has 8 heteroatoms. The minimum Gasteiger partial charge on any atom is -0.507 e. The number of aromatic nitrogens is 2. The molecule has 3 aromatic rings. The van der Waals surface area contributed by atoms with Gasteiger partial charge in [-0.25, -0.2) is 4.79 Å². The highest BCUT2D eigenvalue weighted by atomic mass is 16.6. The lowest BCUT2D eigenvalue weighted by molar-refractivity contribution is 0.0528. The Morgan fingerprint density at radius 1 is 0.886 bits per heavy atom. The van der Waals surface area contributed by atoms with E-state index in [9.17, 15) is 9.90 Å². The van der Waals surface area contributed by atoms with Gasteiger partial charge in [0.15, 0.2) is 0 Å². The van der Waals surface area contributed by atoms with E-state index in [4.69, 9.17) is 4.74 Å². The fraction of sp³-hybridized carbons (Fsp3) is 0.370. The van der Waals surface area contributed by atoms with Crippen LogP contribution in [0.4, 0.5) is 4.79 Å². The van der Waals surface area contributed by atoms with Gasteiger partial charge in [-0.1, -0.05) is 24.3 Å². The van der Waals surface area contributed by atoms with Crippen molar-refractivity contribution in [1.82, 2.24) is 25.9 Å². The number of benzene rings is 1. The molecular formula is C27H35N5O3. The first-order valence-corrected chi connectivity index (χ1v) is 11.8. The molecule has 0 spiro atoms. The van der Waals surface area contributed by atoms with Crippen LogP contribution in [0.2, 0.25) is 0 Å². The van der Waals surface area contributed by atoms with Crippen molar-refractivity contribution in [2.24, 2.45) is 0 Å². The fourth-order valence-corrected chi connectivity index (χ4v) is 3.52. The number of ether oxygens (including phenoxy) is 1. The Balaban J connectivity index is 1.65. The van der Waals surface area contributed by atoms with Crippen LogP contribution in [0.3, 0.4) is 0 Å². The Hall–Kier alpha value is -3.49. The molecule has 0 unspecified atom stereocenters. The van der Waals surface area contributed by atoms with Crippen LogP contribution >= 0.6 is 0 Å². The van der Waals surface area contributed by atoms with E-state index in [1.165, 1.54) is 0 Å². The standard InChI is InChI=1S/C27H35N5O3/c1-27(2,3)35-26(34)32-13-10-20-14-21(16-28-18-23-8-4-6-11-30-23)25(33)22(15-20)17-29-19-24-9-5-7-12-31-24/h4-9,11-12,14-15,28-29,33H,10,13,16-19H2,1-3H3,(H,32,34). The molecule has 0 aliphatic carbocycles. The van der Waals surface area contributed by atoms with Crippen LogP contribution in [0, 0.1) is 0 Å². The maximum absolute atomic E-state index is 12.0. The van der Waals surface area contributed by atoms with Gasteiger partial charge in [0, 0.05) is 56.2 Å². The van der Waals surface area contributed by atoms with Crippen molar-refractivity contribution in [3.05, 3.63) is 89.0 Å². The van der Waals surface area contributed by atoms with Gasteiger partial charge < -0.3 is 25.8 Å². The molecule has 0 aliphatic rings. The number of carbonyl (C=O) groups is 1. The lowest BCUT2D eigenvalue weighted by Gasteiger charge is -2.20. The maximum Gasteiger partial charge on any atom is 0.407 e. The number of phenolic OH excluding ortho intramolecular Hbond substituents is 1. The van der Waals surface area contributed by atoms with E-state index in [-0.39, 0.29) is 5.75 Å². The van der Waals surface area contributed by atoms with E-state index in [1.807, 2.05) is 69.3 Å². The van der Waals surface area contributed by atoms with Crippen LogP contribution in [-0.2, 0) is 37.3 Å². The van der Waals surface area contributed by atoms with Gasteiger partial charge >= 0.3 is 6.09 Å². The number of amides is 1. The first-order chi connectivity index (χ1) is 16.8. The summed E-state index contributed by atoms with van der Waals surface area (Å²) >= 11 is 0. The van der Waals surface area contributed by atoms with Crippen molar-refractivity contribution in [2.75, 3.05) is 6.54 Å². The van der Waals surface area contributed by atoms with Gasteiger partial charge in [0.1, 0.15) is 11.4 Å². The SMILES string of the molecule is CC(C)(C)OC(=O)NCCc1cc(CNCc2ccccn2)c(O)c(CNCc2ccccn2)c1. The minimum absolute atomic E-state index is 0.260. The Kier molecular flexibility index (Phi) is 9.57. The van der Waals surface area contributed by atoms with Gasteiger partial charge in [-0.3, -0.25) is 9.97 Å². The molecule has 8 nitrogen and oxygen atoms in total. The lowest BCUT2D eigenvalue weighted by atomic mass is 10.0. The van der Waals surface area contributed by atoms with Gasteiger partial charge in [0.25, 0.3) is 0 Å². The second-order valence-electron chi connectivity index (χ2n) is 9.29. The third kappa shape index (κ3) is 9.35. The average molecular weight is 478 g/mol. The Labute approximate surface area is 207 Å². The van der Waals surface area contributed by atoms with E-state index >= 15 is 0 Å². The molecule has 3 rings (SSSR count). The summed E-state index contributed by atoms with van der Waals surface area (Å²) < 4.78 is 5.31. The molecule has 1 aromatic carbocycles. The average Bonchev–Trinajstić information content (AvgIpc) is 2.82. The number of hydrogen-bond acceptors (Lipinski definition) is 7. The Morgan fingerprint density at radius 3 is 1.89 bits per heavy atom. The molecule has 35 heavy (non-hydrogen) atoms. The number of rotatable bonds is 11. The molecule has 0 saturated carbocycles. The Bertz CT molecular complexity index is 1000. The van der Waals surface area contributed by atoms with Crippen LogP contribution in [0.1, 0.15) is 48.8 Å². The van der Waals surface area contributed by atoms with Crippen molar-refractivity contribution in [3.63, 3.8) is 0 Å². The number of carbonyl (C=O) groups excluding carboxylic acids is 1.